The minimum Gasteiger partial charge on any atom is -0.504 e. The van der Waals surface area contributed by atoms with E-state index in [1.54, 1.807) is 19.1 Å². The first kappa shape index (κ1) is 21.2. The summed E-state index contributed by atoms with van der Waals surface area (Å²) in [6.07, 6.45) is 17.7. The molecule has 1 aromatic rings. The van der Waals surface area contributed by atoms with E-state index in [2.05, 4.69) is 13.0 Å². The van der Waals surface area contributed by atoms with Crippen molar-refractivity contribution in [3.8, 4) is 11.5 Å². The van der Waals surface area contributed by atoms with Crippen molar-refractivity contribution in [1.82, 2.24) is 0 Å². The number of benzene rings is 1. The molecule has 1 aromatic carbocycles. The standard InChI is InChI=1S/C25H37FO2/c1-3-5-18-6-11-20(12-7-18)21-13-8-19(9-14-21)10-15-22-16-17-23(28-4-2)24(26)25(22)27/h10,15-21,27H,3-9,11-14H2,1-2H3/b15-10+. The highest BCUT2D eigenvalue weighted by molar-refractivity contribution is 5.59. The van der Waals surface area contributed by atoms with Crippen molar-refractivity contribution in [2.45, 2.75) is 78.1 Å². The van der Waals surface area contributed by atoms with E-state index in [-0.39, 0.29) is 11.5 Å². The second kappa shape index (κ2) is 10.3. The molecule has 2 aliphatic rings. The highest BCUT2D eigenvalue weighted by Gasteiger charge is 2.30. The van der Waals surface area contributed by atoms with Crippen molar-refractivity contribution >= 4 is 6.08 Å². The van der Waals surface area contributed by atoms with Gasteiger partial charge in [0.1, 0.15) is 0 Å². The van der Waals surface area contributed by atoms with Crippen LogP contribution in [0.2, 0.25) is 0 Å². The Hall–Kier alpha value is -1.51. The maximum absolute atomic E-state index is 14.1. The van der Waals surface area contributed by atoms with E-state index >= 15 is 0 Å². The summed E-state index contributed by atoms with van der Waals surface area (Å²) >= 11 is 0. The SMILES string of the molecule is CCCC1CCC(C2CCC(/C=C/c3ccc(OCC)c(F)c3O)CC2)CC1. The molecular weight excluding hydrogens is 351 g/mol. The van der Waals surface area contributed by atoms with E-state index < -0.39 is 5.82 Å². The van der Waals surface area contributed by atoms with E-state index in [0.717, 1.165) is 17.8 Å². The number of hydrogen-bond acceptors (Lipinski definition) is 2. The molecule has 0 unspecified atom stereocenters. The molecule has 3 heteroatoms. The predicted molar refractivity (Wildman–Crippen MR) is 114 cm³/mol. The Morgan fingerprint density at radius 1 is 1.00 bits per heavy atom. The molecule has 0 spiro atoms. The minimum atomic E-state index is -0.661. The van der Waals surface area contributed by atoms with Crippen LogP contribution in [-0.4, -0.2) is 11.7 Å². The molecule has 0 atom stereocenters. The van der Waals surface area contributed by atoms with Gasteiger partial charge in [-0.3, -0.25) is 0 Å². The summed E-state index contributed by atoms with van der Waals surface area (Å²) in [4.78, 5) is 0. The topological polar surface area (TPSA) is 29.5 Å². The van der Waals surface area contributed by atoms with Crippen LogP contribution in [0.25, 0.3) is 6.08 Å². The lowest BCUT2D eigenvalue weighted by Gasteiger charge is -2.37. The fourth-order valence-corrected chi connectivity index (χ4v) is 5.37. The second-order valence-electron chi connectivity index (χ2n) is 8.85. The number of hydrogen-bond donors (Lipinski definition) is 1. The smallest absolute Gasteiger partial charge is 0.207 e. The molecule has 2 aliphatic carbocycles. The first-order chi connectivity index (χ1) is 13.6. The summed E-state index contributed by atoms with van der Waals surface area (Å²) in [6.45, 7) is 4.49. The second-order valence-corrected chi connectivity index (χ2v) is 8.85. The van der Waals surface area contributed by atoms with Gasteiger partial charge in [-0.05, 0) is 81.3 Å². The Bertz CT molecular complexity index is 638. The normalized spacial score (nSPS) is 28.5. The van der Waals surface area contributed by atoms with Gasteiger partial charge in [-0.2, -0.15) is 4.39 Å². The molecule has 0 radical (unpaired) electrons. The van der Waals surface area contributed by atoms with Crippen molar-refractivity contribution in [2.24, 2.45) is 23.7 Å². The first-order valence-electron chi connectivity index (χ1n) is 11.4. The Morgan fingerprint density at radius 3 is 2.25 bits per heavy atom. The van der Waals surface area contributed by atoms with Crippen molar-refractivity contribution in [3.05, 3.63) is 29.6 Å². The number of phenolic OH excluding ortho intramolecular Hbond substituents is 1. The molecule has 1 N–H and O–H groups in total. The summed E-state index contributed by atoms with van der Waals surface area (Å²) in [5.41, 5.74) is 0.539. The molecule has 0 saturated heterocycles. The lowest BCUT2D eigenvalue weighted by Crippen LogP contribution is -2.25. The van der Waals surface area contributed by atoms with Gasteiger partial charge in [0.2, 0.25) is 5.82 Å². The molecule has 0 aromatic heterocycles. The maximum atomic E-state index is 14.1. The fraction of sp³-hybridized carbons (Fsp3) is 0.680. The van der Waals surface area contributed by atoms with Gasteiger partial charge in [-0.1, -0.05) is 44.8 Å². The zero-order chi connectivity index (χ0) is 19.9. The monoisotopic (exact) mass is 388 g/mol. The number of rotatable bonds is 7. The minimum absolute atomic E-state index is 0.117. The van der Waals surface area contributed by atoms with Crippen molar-refractivity contribution in [3.63, 3.8) is 0 Å². The molecule has 28 heavy (non-hydrogen) atoms. The largest absolute Gasteiger partial charge is 0.504 e. The van der Waals surface area contributed by atoms with Crippen LogP contribution >= 0.6 is 0 Å². The van der Waals surface area contributed by atoms with Gasteiger partial charge in [0.25, 0.3) is 0 Å². The maximum Gasteiger partial charge on any atom is 0.207 e. The third-order valence-corrected chi connectivity index (χ3v) is 7.03. The Labute approximate surface area is 170 Å². The van der Waals surface area contributed by atoms with Crippen LogP contribution < -0.4 is 4.74 Å². The third kappa shape index (κ3) is 5.30. The number of phenols is 1. The van der Waals surface area contributed by atoms with Crippen LogP contribution in [0.5, 0.6) is 11.5 Å². The lowest BCUT2D eigenvalue weighted by molar-refractivity contribution is 0.152. The Kier molecular flexibility index (Phi) is 7.82. The summed E-state index contributed by atoms with van der Waals surface area (Å²) < 4.78 is 19.3. The van der Waals surface area contributed by atoms with Gasteiger partial charge < -0.3 is 9.84 Å². The molecule has 156 valence electrons. The van der Waals surface area contributed by atoms with Crippen LogP contribution in [0.3, 0.4) is 0 Å². The van der Waals surface area contributed by atoms with Gasteiger partial charge in [0, 0.05) is 5.56 Å². The zero-order valence-electron chi connectivity index (χ0n) is 17.6. The molecule has 0 aliphatic heterocycles. The van der Waals surface area contributed by atoms with E-state index in [1.807, 2.05) is 6.08 Å². The molecule has 2 fully saturated rings. The van der Waals surface area contributed by atoms with Crippen LogP contribution in [0.1, 0.15) is 83.6 Å². The molecule has 2 saturated carbocycles. The van der Waals surface area contributed by atoms with E-state index in [4.69, 9.17) is 4.74 Å². The fourth-order valence-electron chi connectivity index (χ4n) is 5.37. The van der Waals surface area contributed by atoms with Gasteiger partial charge in [-0.25, -0.2) is 0 Å². The van der Waals surface area contributed by atoms with Gasteiger partial charge in [0.15, 0.2) is 11.5 Å². The van der Waals surface area contributed by atoms with Gasteiger partial charge in [-0.15, -0.1) is 0 Å². The number of ether oxygens (including phenoxy) is 1. The van der Waals surface area contributed by atoms with Crippen molar-refractivity contribution in [2.75, 3.05) is 6.61 Å². The summed E-state index contributed by atoms with van der Waals surface area (Å²) in [6, 6.07) is 3.34. The van der Waals surface area contributed by atoms with Crippen molar-refractivity contribution < 1.29 is 14.2 Å². The Balaban J connectivity index is 1.49. The highest BCUT2D eigenvalue weighted by Crippen LogP contribution is 2.42. The first-order valence-corrected chi connectivity index (χ1v) is 11.4. The number of allylic oxidation sites excluding steroid dienone is 1. The van der Waals surface area contributed by atoms with Crippen LogP contribution in [0, 0.1) is 29.5 Å². The van der Waals surface area contributed by atoms with E-state index in [0.29, 0.717) is 18.1 Å². The molecular formula is C25H37FO2. The predicted octanol–water partition coefficient (Wildman–Crippen LogP) is 7.36. The summed E-state index contributed by atoms with van der Waals surface area (Å²) in [5.74, 6) is 2.53. The third-order valence-electron chi connectivity index (χ3n) is 7.03. The van der Waals surface area contributed by atoms with Crippen LogP contribution in [0.4, 0.5) is 4.39 Å². The molecule has 2 nitrogen and oxygen atoms in total. The van der Waals surface area contributed by atoms with E-state index in [9.17, 15) is 9.50 Å². The number of halogens is 1. The molecule has 0 bridgehead atoms. The highest BCUT2D eigenvalue weighted by atomic mass is 19.1. The average Bonchev–Trinajstić information content (AvgIpc) is 2.72. The van der Waals surface area contributed by atoms with Crippen molar-refractivity contribution in [1.29, 1.82) is 0 Å². The van der Waals surface area contributed by atoms with Crippen LogP contribution in [0.15, 0.2) is 18.2 Å². The quantitative estimate of drug-likeness (QED) is 0.529. The number of aromatic hydroxyl groups is 1. The summed E-state index contributed by atoms with van der Waals surface area (Å²) in [5, 5.41) is 10.1. The summed E-state index contributed by atoms with van der Waals surface area (Å²) in [7, 11) is 0. The van der Waals surface area contributed by atoms with Gasteiger partial charge in [0.05, 0.1) is 6.61 Å². The molecule has 3 rings (SSSR count). The van der Waals surface area contributed by atoms with E-state index in [1.165, 1.54) is 64.2 Å². The lowest BCUT2D eigenvalue weighted by atomic mass is 9.68. The molecule has 0 heterocycles. The average molecular weight is 389 g/mol. The molecule has 0 amide bonds. The zero-order valence-corrected chi connectivity index (χ0v) is 17.6. The van der Waals surface area contributed by atoms with Gasteiger partial charge >= 0.3 is 0 Å². The Morgan fingerprint density at radius 2 is 1.64 bits per heavy atom. The van der Waals surface area contributed by atoms with Crippen LogP contribution in [-0.2, 0) is 0 Å².